The molecule has 0 saturated carbocycles. The summed E-state index contributed by atoms with van der Waals surface area (Å²) in [6, 6.07) is 12.1. The number of hydrogen-bond donors (Lipinski definition) is 1. The third-order valence-electron chi connectivity index (χ3n) is 3.76. The van der Waals surface area contributed by atoms with Crippen molar-refractivity contribution < 1.29 is 19.1 Å². The quantitative estimate of drug-likeness (QED) is 0.646. The van der Waals surface area contributed by atoms with E-state index in [-0.39, 0.29) is 5.57 Å². The van der Waals surface area contributed by atoms with Gasteiger partial charge in [-0.2, -0.15) is 0 Å². The number of hydrazine groups is 1. The number of anilines is 1. The molecule has 0 bridgehead atoms. The van der Waals surface area contributed by atoms with Crippen molar-refractivity contribution in [3.8, 4) is 11.5 Å². The molecule has 0 radical (unpaired) electrons. The van der Waals surface area contributed by atoms with Crippen LogP contribution in [-0.2, 0) is 9.59 Å². The van der Waals surface area contributed by atoms with E-state index in [9.17, 15) is 9.59 Å². The van der Waals surface area contributed by atoms with Crippen molar-refractivity contribution >= 4 is 35.2 Å². The summed E-state index contributed by atoms with van der Waals surface area (Å²) in [5.74, 6) is -0.106. The zero-order valence-corrected chi connectivity index (χ0v) is 15.0. The van der Waals surface area contributed by atoms with E-state index in [1.54, 1.807) is 36.4 Å². The number of amides is 2. The van der Waals surface area contributed by atoms with Crippen molar-refractivity contribution in [1.82, 2.24) is 5.43 Å². The normalized spacial score (nSPS) is 15.3. The van der Waals surface area contributed by atoms with Crippen LogP contribution in [0.4, 0.5) is 5.69 Å². The Bertz CT molecular complexity index is 881. The van der Waals surface area contributed by atoms with E-state index in [0.717, 1.165) is 0 Å². The van der Waals surface area contributed by atoms with Gasteiger partial charge in [0.1, 0.15) is 5.57 Å². The number of carbonyl (C=O) groups is 2. The maximum atomic E-state index is 12.7. The van der Waals surface area contributed by atoms with Gasteiger partial charge in [0, 0.05) is 16.7 Å². The lowest BCUT2D eigenvalue weighted by Crippen LogP contribution is -2.35. The lowest BCUT2D eigenvalue weighted by molar-refractivity contribution is -0.117. The first-order chi connectivity index (χ1) is 12.5. The lowest BCUT2D eigenvalue weighted by atomic mass is 10.1. The van der Waals surface area contributed by atoms with Crippen molar-refractivity contribution in [2.24, 2.45) is 0 Å². The number of halogens is 1. The Morgan fingerprint density at radius 1 is 1.19 bits per heavy atom. The summed E-state index contributed by atoms with van der Waals surface area (Å²) in [7, 11) is 1.50. The van der Waals surface area contributed by atoms with Gasteiger partial charge in [-0.3, -0.25) is 15.0 Å². The molecule has 1 aliphatic rings. The number of rotatable bonds is 5. The molecule has 1 saturated heterocycles. The van der Waals surface area contributed by atoms with Gasteiger partial charge in [-0.15, -0.1) is 0 Å². The number of methoxy groups -OCH3 is 1. The molecule has 0 aliphatic carbocycles. The Morgan fingerprint density at radius 3 is 2.58 bits per heavy atom. The third kappa shape index (κ3) is 3.36. The standard InChI is InChI=1S/C19H17ClN2O4/c1-3-26-17-12(9-13(20)11-16(17)25-2)10-15-18(23)21-22(19(15)24)14-7-5-4-6-8-14/h4-11H,3H2,1-2H3,(H,21,23)/b15-10+. The van der Waals surface area contributed by atoms with Gasteiger partial charge in [0.2, 0.25) is 0 Å². The molecule has 1 fully saturated rings. The van der Waals surface area contributed by atoms with Crippen LogP contribution in [-0.4, -0.2) is 25.5 Å². The first kappa shape index (κ1) is 17.8. The molecule has 1 heterocycles. The van der Waals surface area contributed by atoms with Crippen LogP contribution in [0.25, 0.3) is 6.08 Å². The van der Waals surface area contributed by atoms with E-state index in [1.165, 1.54) is 18.2 Å². The van der Waals surface area contributed by atoms with E-state index in [0.29, 0.717) is 34.4 Å². The van der Waals surface area contributed by atoms with Crippen LogP contribution in [0.2, 0.25) is 5.02 Å². The smallest absolute Gasteiger partial charge is 0.282 e. The summed E-state index contributed by atoms with van der Waals surface area (Å²) in [6.45, 7) is 2.22. The summed E-state index contributed by atoms with van der Waals surface area (Å²) in [6.07, 6.45) is 1.46. The minimum atomic E-state index is -0.500. The van der Waals surface area contributed by atoms with Gasteiger partial charge in [-0.25, -0.2) is 5.01 Å². The Hall–Kier alpha value is -2.99. The summed E-state index contributed by atoms with van der Waals surface area (Å²) in [5.41, 5.74) is 3.60. The highest BCUT2D eigenvalue weighted by atomic mass is 35.5. The Labute approximate surface area is 155 Å². The van der Waals surface area contributed by atoms with E-state index < -0.39 is 11.8 Å². The maximum absolute atomic E-state index is 12.7. The molecular weight excluding hydrogens is 356 g/mol. The van der Waals surface area contributed by atoms with Crippen molar-refractivity contribution in [3.05, 3.63) is 58.6 Å². The van der Waals surface area contributed by atoms with Crippen LogP contribution in [0.15, 0.2) is 48.0 Å². The number of para-hydroxylation sites is 1. The van der Waals surface area contributed by atoms with Crippen molar-refractivity contribution in [1.29, 1.82) is 0 Å². The fourth-order valence-corrected chi connectivity index (χ4v) is 2.83. The molecular formula is C19H17ClN2O4. The van der Waals surface area contributed by atoms with Gasteiger partial charge in [0.25, 0.3) is 11.8 Å². The lowest BCUT2D eigenvalue weighted by Gasteiger charge is -2.14. The predicted molar refractivity (Wildman–Crippen MR) is 99.2 cm³/mol. The van der Waals surface area contributed by atoms with Crippen molar-refractivity contribution in [2.45, 2.75) is 6.92 Å². The van der Waals surface area contributed by atoms with Gasteiger partial charge >= 0.3 is 0 Å². The van der Waals surface area contributed by atoms with Gasteiger partial charge in [0.15, 0.2) is 11.5 Å². The van der Waals surface area contributed by atoms with Crippen LogP contribution in [0.3, 0.4) is 0 Å². The third-order valence-corrected chi connectivity index (χ3v) is 3.98. The number of carbonyl (C=O) groups excluding carboxylic acids is 2. The molecule has 0 spiro atoms. The minimum absolute atomic E-state index is 0.0147. The number of ether oxygens (including phenoxy) is 2. The summed E-state index contributed by atoms with van der Waals surface area (Å²) in [4.78, 5) is 25.0. The van der Waals surface area contributed by atoms with Gasteiger partial charge in [-0.1, -0.05) is 29.8 Å². The van der Waals surface area contributed by atoms with E-state index in [4.69, 9.17) is 21.1 Å². The Morgan fingerprint density at radius 2 is 1.92 bits per heavy atom. The molecule has 0 aromatic heterocycles. The van der Waals surface area contributed by atoms with Crippen molar-refractivity contribution in [3.63, 3.8) is 0 Å². The number of hydrogen-bond acceptors (Lipinski definition) is 4. The fourth-order valence-electron chi connectivity index (χ4n) is 2.62. The largest absolute Gasteiger partial charge is 0.493 e. The van der Waals surface area contributed by atoms with E-state index >= 15 is 0 Å². The molecule has 2 aromatic rings. The first-order valence-electron chi connectivity index (χ1n) is 7.97. The van der Waals surface area contributed by atoms with Crippen LogP contribution < -0.4 is 19.9 Å². The average Bonchev–Trinajstić information content (AvgIpc) is 2.92. The second kappa shape index (κ2) is 7.49. The van der Waals surface area contributed by atoms with E-state index in [2.05, 4.69) is 5.43 Å². The van der Waals surface area contributed by atoms with E-state index in [1.807, 2.05) is 13.0 Å². The molecule has 0 atom stereocenters. The van der Waals surface area contributed by atoms with Gasteiger partial charge < -0.3 is 9.47 Å². The molecule has 26 heavy (non-hydrogen) atoms. The molecule has 2 aromatic carbocycles. The zero-order chi connectivity index (χ0) is 18.7. The zero-order valence-electron chi connectivity index (χ0n) is 14.3. The second-order valence-electron chi connectivity index (χ2n) is 5.43. The monoisotopic (exact) mass is 372 g/mol. The molecule has 134 valence electrons. The van der Waals surface area contributed by atoms with Crippen molar-refractivity contribution in [2.75, 3.05) is 18.7 Å². The van der Waals surface area contributed by atoms with Gasteiger partial charge in [-0.05, 0) is 31.2 Å². The highest BCUT2D eigenvalue weighted by Gasteiger charge is 2.34. The first-order valence-corrected chi connectivity index (χ1v) is 8.35. The highest BCUT2D eigenvalue weighted by Crippen LogP contribution is 2.36. The molecule has 2 amide bonds. The Balaban J connectivity index is 2.03. The molecule has 7 heteroatoms. The summed E-state index contributed by atoms with van der Waals surface area (Å²) >= 11 is 6.12. The summed E-state index contributed by atoms with van der Waals surface area (Å²) in [5, 5.41) is 1.61. The van der Waals surface area contributed by atoms with Crippen LogP contribution in [0, 0.1) is 0 Å². The molecule has 6 nitrogen and oxygen atoms in total. The number of nitrogens with one attached hydrogen (secondary N) is 1. The van der Waals surface area contributed by atoms with Gasteiger partial charge in [0.05, 0.1) is 19.4 Å². The molecule has 3 rings (SSSR count). The minimum Gasteiger partial charge on any atom is -0.493 e. The van der Waals surface area contributed by atoms with Crippen LogP contribution in [0.1, 0.15) is 12.5 Å². The molecule has 1 aliphatic heterocycles. The SMILES string of the molecule is CCOc1c(/C=C2\C(=O)NN(c3ccccc3)C2=O)cc(Cl)cc1OC. The molecule has 0 unspecified atom stereocenters. The topological polar surface area (TPSA) is 67.9 Å². The number of nitrogens with zero attached hydrogens (tertiary/aromatic N) is 1. The fraction of sp³-hybridized carbons (Fsp3) is 0.158. The summed E-state index contributed by atoms with van der Waals surface area (Å²) < 4.78 is 10.9. The predicted octanol–water partition coefficient (Wildman–Crippen LogP) is 3.21. The van der Waals surface area contributed by atoms with Crippen LogP contribution >= 0.6 is 11.6 Å². The highest BCUT2D eigenvalue weighted by molar-refractivity contribution is 6.32. The number of benzene rings is 2. The average molecular weight is 373 g/mol. The molecule has 1 N–H and O–H groups in total. The maximum Gasteiger partial charge on any atom is 0.282 e. The second-order valence-corrected chi connectivity index (χ2v) is 5.87. The Kier molecular flexibility index (Phi) is 5.14. The van der Waals surface area contributed by atoms with Crippen LogP contribution in [0.5, 0.6) is 11.5 Å².